The standard InChI is InChI=1S/C22H44O3S/c1-4-7-10-13-15-18-21(24-19-16-12-9-6-3)25-22(23)20(26)17-14-11-8-5-2/h20-21,26H,4-19H2,1-3H3. The summed E-state index contributed by atoms with van der Waals surface area (Å²) in [6.07, 6.45) is 16.5. The zero-order chi connectivity index (χ0) is 19.5. The number of esters is 1. The number of carbonyl (C=O) groups excluding carboxylic acids is 1. The van der Waals surface area contributed by atoms with Crippen LogP contribution in [-0.4, -0.2) is 24.1 Å². The van der Waals surface area contributed by atoms with E-state index >= 15 is 0 Å². The Balaban J connectivity index is 4.17. The summed E-state index contributed by atoms with van der Waals surface area (Å²) in [5.74, 6) is -0.211. The van der Waals surface area contributed by atoms with Crippen molar-refractivity contribution in [2.45, 2.75) is 129 Å². The van der Waals surface area contributed by atoms with Crippen molar-refractivity contribution in [2.75, 3.05) is 6.61 Å². The Labute approximate surface area is 168 Å². The number of hydrogen-bond acceptors (Lipinski definition) is 4. The van der Waals surface area contributed by atoms with Crippen molar-refractivity contribution in [2.24, 2.45) is 0 Å². The smallest absolute Gasteiger partial charge is 0.321 e. The van der Waals surface area contributed by atoms with E-state index in [2.05, 4.69) is 33.4 Å². The van der Waals surface area contributed by atoms with Gasteiger partial charge < -0.3 is 9.47 Å². The van der Waals surface area contributed by atoms with Crippen molar-refractivity contribution in [3.05, 3.63) is 0 Å². The van der Waals surface area contributed by atoms with E-state index in [4.69, 9.17) is 9.47 Å². The van der Waals surface area contributed by atoms with Gasteiger partial charge in [-0.05, 0) is 19.3 Å². The van der Waals surface area contributed by atoms with Crippen molar-refractivity contribution >= 4 is 18.6 Å². The summed E-state index contributed by atoms with van der Waals surface area (Å²) < 4.78 is 11.5. The van der Waals surface area contributed by atoms with Gasteiger partial charge in [-0.1, -0.05) is 91.4 Å². The van der Waals surface area contributed by atoms with Gasteiger partial charge in [-0.3, -0.25) is 4.79 Å². The molecular weight excluding hydrogens is 344 g/mol. The first-order valence-electron chi connectivity index (χ1n) is 11.2. The summed E-state index contributed by atoms with van der Waals surface area (Å²) in [5, 5.41) is -0.321. The summed E-state index contributed by atoms with van der Waals surface area (Å²) in [7, 11) is 0. The first kappa shape index (κ1) is 25.8. The fraction of sp³-hybridized carbons (Fsp3) is 0.955. The maximum Gasteiger partial charge on any atom is 0.321 e. The quantitative estimate of drug-likeness (QED) is 0.111. The molecule has 0 aromatic heterocycles. The molecule has 0 bridgehead atoms. The Bertz CT molecular complexity index is 296. The molecule has 0 aliphatic carbocycles. The van der Waals surface area contributed by atoms with Gasteiger partial charge in [-0.15, -0.1) is 0 Å². The molecule has 0 aliphatic heterocycles. The highest BCUT2D eigenvalue weighted by Gasteiger charge is 2.20. The number of unbranched alkanes of at least 4 members (excludes halogenated alkanes) is 10. The van der Waals surface area contributed by atoms with Gasteiger partial charge in [-0.25, -0.2) is 0 Å². The van der Waals surface area contributed by atoms with Crippen LogP contribution >= 0.6 is 12.6 Å². The van der Waals surface area contributed by atoms with Crippen molar-refractivity contribution < 1.29 is 14.3 Å². The molecule has 26 heavy (non-hydrogen) atoms. The Kier molecular flexibility index (Phi) is 19.4. The Morgan fingerprint density at radius 3 is 1.85 bits per heavy atom. The van der Waals surface area contributed by atoms with Crippen molar-refractivity contribution in [3.63, 3.8) is 0 Å². The van der Waals surface area contributed by atoms with Crippen molar-refractivity contribution in [1.82, 2.24) is 0 Å². The van der Waals surface area contributed by atoms with Crippen LogP contribution in [0.1, 0.15) is 117 Å². The number of carbonyl (C=O) groups is 1. The molecule has 2 unspecified atom stereocenters. The highest BCUT2D eigenvalue weighted by molar-refractivity contribution is 7.81. The summed E-state index contributed by atoms with van der Waals surface area (Å²) in [6, 6.07) is 0. The maximum absolute atomic E-state index is 12.3. The van der Waals surface area contributed by atoms with Crippen LogP contribution in [0.3, 0.4) is 0 Å². The summed E-state index contributed by atoms with van der Waals surface area (Å²) in [5.41, 5.74) is 0. The molecule has 0 spiro atoms. The van der Waals surface area contributed by atoms with E-state index in [1.165, 1.54) is 57.8 Å². The lowest BCUT2D eigenvalue weighted by molar-refractivity contribution is -0.180. The molecule has 0 aromatic rings. The molecule has 0 saturated carbocycles. The predicted octanol–water partition coefficient (Wildman–Crippen LogP) is 7.08. The second-order valence-electron chi connectivity index (χ2n) is 7.37. The van der Waals surface area contributed by atoms with Gasteiger partial charge in [0, 0.05) is 6.42 Å². The largest absolute Gasteiger partial charge is 0.435 e. The average molecular weight is 389 g/mol. The monoisotopic (exact) mass is 388 g/mol. The topological polar surface area (TPSA) is 35.5 Å². The molecule has 0 radical (unpaired) electrons. The Morgan fingerprint density at radius 2 is 1.23 bits per heavy atom. The average Bonchev–Trinajstić information content (AvgIpc) is 2.64. The van der Waals surface area contributed by atoms with Crippen LogP contribution in [0.15, 0.2) is 0 Å². The van der Waals surface area contributed by atoms with Crippen LogP contribution in [0.5, 0.6) is 0 Å². The molecule has 0 rings (SSSR count). The highest BCUT2D eigenvalue weighted by atomic mass is 32.1. The highest BCUT2D eigenvalue weighted by Crippen LogP contribution is 2.16. The summed E-state index contributed by atoms with van der Waals surface area (Å²) in [4.78, 5) is 12.3. The third-order valence-electron chi connectivity index (χ3n) is 4.70. The number of ether oxygens (including phenoxy) is 2. The second-order valence-corrected chi connectivity index (χ2v) is 7.99. The number of rotatable bonds is 19. The molecule has 2 atom stereocenters. The third kappa shape index (κ3) is 16.0. The molecule has 0 fully saturated rings. The SMILES string of the molecule is CCCCCCCC(OCCCCCC)OC(=O)C(S)CCCCCC. The molecule has 4 heteroatoms. The lowest BCUT2D eigenvalue weighted by atomic mass is 10.1. The molecule has 0 saturated heterocycles. The zero-order valence-electron chi connectivity index (χ0n) is 17.6. The van der Waals surface area contributed by atoms with Crippen LogP contribution in [0.2, 0.25) is 0 Å². The molecule has 0 amide bonds. The fourth-order valence-corrected chi connectivity index (χ4v) is 3.17. The van der Waals surface area contributed by atoms with Gasteiger partial charge in [0.05, 0.1) is 11.9 Å². The van der Waals surface area contributed by atoms with Gasteiger partial charge >= 0.3 is 5.97 Å². The van der Waals surface area contributed by atoms with Crippen LogP contribution in [0.25, 0.3) is 0 Å². The van der Waals surface area contributed by atoms with E-state index in [1.807, 2.05) is 0 Å². The van der Waals surface area contributed by atoms with E-state index in [1.54, 1.807) is 0 Å². The minimum absolute atomic E-state index is 0.211. The minimum Gasteiger partial charge on any atom is -0.435 e. The first-order valence-corrected chi connectivity index (χ1v) is 11.7. The summed E-state index contributed by atoms with van der Waals surface area (Å²) in [6.45, 7) is 7.29. The molecule has 156 valence electrons. The maximum atomic E-state index is 12.3. The molecule has 0 aliphatic rings. The van der Waals surface area contributed by atoms with Crippen LogP contribution < -0.4 is 0 Å². The molecule has 0 heterocycles. The Hall–Kier alpha value is -0.220. The van der Waals surface area contributed by atoms with E-state index in [0.29, 0.717) is 6.61 Å². The predicted molar refractivity (Wildman–Crippen MR) is 115 cm³/mol. The fourth-order valence-electron chi connectivity index (χ4n) is 2.92. The second kappa shape index (κ2) is 19.5. The third-order valence-corrected chi connectivity index (χ3v) is 5.16. The van der Waals surface area contributed by atoms with E-state index < -0.39 is 6.29 Å². The zero-order valence-corrected chi connectivity index (χ0v) is 18.5. The van der Waals surface area contributed by atoms with Crippen molar-refractivity contribution in [3.8, 4) is 0 Å². The normalized spacial score (nSPS) is 13.5. The van der Waals surface area contributed by atoms with Gasteiger partial charge in [0.2, 0.25) is 6.29 Å². The van der Waals surface area contributed by atoms with Gasteiger partial charge in [-0.2, -0.15) is 12.6 Å². The number of thiol groups is 1. The molecule has 3 nitrogen and oxygen atoms in total. The van der Waals surface area contributed by atoms with Gasteiger partial charge in [0.25, 0.3) is 0 Å². The lowest BCUT2D eigenvalue weighted by Crippen LogP contribution is -2.27. The lowest BCUT2D eigenvalue weighted by Gasteiger charge is -2.20. The number of hydrogen-bond donors (Lipinski definition) is 1. The Morgan fingerprint density at radius 1 is 0.731 bits per heavy atom. The van der Waals surface area contributed by atoms with Crippen molar-refractivity contribution in [1.29, 1.82) is 0 Å². The van der Waals surface area contributed by atoms with E-state index in [9.17, 15) is 4.79 Å². The molecular formula is C22H44O3S. The van der Waals surface area contributed by atoms with E-state index in [-0.39, 0.29) is 11.2 Å². The minimum atomic E-state index is -0.393. The van der Waals surface area contributed by atoms with Crippen LogP contribution in [0, 0.1) is 0 Å². The molecule has 0 N–H and O–H groups in total. The summed E-state index contributed by atoms with van der Waals surface area (Å²) >= 11 is 4.45. The van der Waals surface area contributed by atoms with Gasteiger partial charge in [0.15, 0.2) is 0 Å². The first-order chi connectivity index (χ1) is 12.7. The van der Waals surface area contributed by atoms with Gasteiger partial charge in [0.1, 0.15) is 0 Å². The van der Waals surface area contributed by atoms with Crippen LogP contribution in [0.4, 0.5) is 0 Å². The van der Waals surface area contributed by atoms with E-state index in [0.717, 1.165) is 38.5 Å². The molecule has 0 aromatic carbocycles. The van der Waals surface area contributed by atoms with Crippen LogP contribution in [-0.2, 0) is 14.3 Å².